The zero-order valence-corrected chi connectivity index (χ0v) is 24.2. The minimum absolute atomic E-state index is 0.0959. The summed E-state index contributed by atoms with van der Waals surface area (Å²) in [5.74, 6) is -5.80. The molecule has 2 saturated carbocycles. The van der Waals surface area contributed by atoms with Crippen molar-refractivity contribution in [3.8, 4) is 0 Å². The Labute approximate surface area is 255 Å². The van der Waals surface area contributed by atoms with Crippen LogP contribution in [0.1, 0.15) is 67.1 Å². The summed E-state index contributed by atoms with van der Waals surface area (Å²) in [4.78, 5) is 32.7. The van der Waals surface area contributed by atoms with Crippen LogP contribution in [0.25, 0.3) is 6.08 Å². The number of alkyl halides is 6. The van der Waals surface area contributed by atoms with Crippen LogP contribution in [0.3, 0.4) is 0 Å². The second-order valence-corrected chi connectivity index (χ2v) is 10.5. The van der Waals surface area contributed by atoms with Crippen LogP contribution in [-0.4, -0.2) is 68.7 Å². The first kappa shape index (κ1) is 37.2. The number of benzene rings is 1. The molecule has 2 aliphatic rings. The van der Waals surface area contributed by atoms with E-state index in [2.05, 4.69) is 58.9 Å². The van der Waals surface area contributed by atoms with Gasteiger partial charge in [0.25, 0.3) is 0 Å². The molecule has 0 unspecified atom stereocenters. The lowest BCUT2D eigenvalue weighted by Crippen LogP contribution is -2.40. The summed E-state index contributed by atoms with van der Waals surface area (Å²) < 4.78 is 63.5. The van der Waals surface area contributed by atoms with Gasteiger partial charge in [0.1, 0.15) is 5.69 Å². The number of aromatic carboxylic acids is 1. The van der Waals surface area contributed by atoms with Crippen LogP contribution in [0, 0.1) is 5.92 Å². The maximum atomic E-state index is 10.9. The third-order valence-corrected chi connectivity index (χ3v) is 7.13. The van der Waals surface area contributed by atoms with Gasteiger partial charge in [-0.15, -0.1) is 0 Å². The number of hydrogen-bond donors (Lipinski definition) is 5. The second kappa shape index (κ2) is 16.9. The predicted octanol–water partition coefficient (Wildman–Crippen LogP) is 5.92. The van der Waals surface area contributed by atoms with Crippen molar-refractivity contribution in [1.29, 1.82) is 0 Å². The molecule has 0 radical (unpaired) electrons. The average molecular weight is 648 g/mol. The Morgan fingerprint density at radius 3 is 1.84 bits per heavy atom. The van der Waals surface area contributed by atoms with Crippen LogP contribution in [-0.2, 0) is 16.1 Å². The lowest BCUT2D eigenvalue weighted by Gasteiger charge is -2.30. The van der Waals surface area contributed by atoms with Crippen LogP contribution in [0.5, 0.6) is 0 Å². The molecular weight excluding hydrogens is 612 g/mol. The molecule has 1 heterocycles. The summed E-state index contributed by atoms with van der Waals surface area (Å²) in [5.41, 5.74) is 4.01. The quantitative estimate of drug-likeness (QED) is 0.209. The number of rotatable bonds is 9. The number of aliphatic carboxylic acids is 2. The van der Waals surface area contributed by atoms with Gasteiger partial charge in [0, 0.05) is 30.9 Å². The smallest absolute Gasteiger partial charge is 0.477 e. The third kappa shape index (κ3) is 13.7. The number of hydrogen-bond acceptors (Lipinski definition) is 6. The van der Waals surface area contributed by atoms with Crippen molar-refractivity contribution in [2.75, 3.05) is 0 Å². The van der Waals surface area contributed by atoms with Crippen molar-refractivity contribution in [1.82, 2.24) is 15.6 Å². The summed E-state index contributed by atoms with van der Waals surface area (Å²) in [6.07, 6.45) is 1.03. The predicted molar refractivity (Wildman–Crippen MR) is 151 cm³/mol. The molecule has 45 heavy (non-hydrogen) atoms. The first-order valence-electron chi connectivity index (χ1n) is 14.0. The average Bonchev–Trinajstić information content (AvgIpc) is 3.74. The summed E-state index contributed by atoms with van der Waals surface area (Å²) in [7, 11) is 0. The highest BCUT2D eigenvalue weighted by Crippen LogP contribution is 2.40. The highest BCUT2D eigenvalue weighted by Gasteiger charge is 2.41. The van der Waals surface area contributed by atoms with E-state index in [0.717, 1.165) is 18.5 Å². The monoisotopic (exact) mass is 647 g/mol. The Bertz CT molecular complexity index is 1250. The van der Waals surface area contributed by atoms with Crippen molar-refractivity contribution in [2.24, 2.45) is 5.92 Å². The zero-order chi connectivity index (χ0) is 33.8. The first-order chi connectivity index (χ1) is 21.0. The van der Waals surface area contributed by atoms with Gasteiger partial charge in [-0.25, -0.2) is 19.4 Å². The summed E-state index contributed by atoms with van der Waals surface area (Å²) in [6.45, 7) is 3.01. The molecule has 1 aromatic carbocycles. The van der Waals surface area contributed by atoms with Gasteiger partial charge in [-0.3, -0.25) is 0 Å². The van der Waals surface area contributed by atoms with Crippen LogP contribution >= 0.6 is 0 Å². The highest BCUT2D eigenvalue weighted by atomic mass is 19.4. The van der Waals surface area contributed by atoms with Crippen molar-refractivity contribution in [3.63, 3.8) is 0 Å². The Morgan fingerprint density at radius 2 is 1.40 bits per heavy atom. The van der Waals surface area contributed by atoms with Crippen LogP contribution < -0.4 is 10.6 Å². The number of nitrogens with one attached hydrogen (secondary N) is 2. The van der Waals surface area contributed by atoms with Gasteiger partial charge in [-0.05, 0) is 61.6 Å². The largest absolute Gasteiger partial charge is 0.490 e. The number of pyridine rings is 1. The van der Waals surface area contributed by atoms with Crippen LogP contribution in [0.2, 0.25) is 0 Å². The molecule has 0 bridgehead atoms. The summed E-state index contributed by atoms with van der Waals surface area (Å²) >= 11 is 0. The lowest BCUT2D eigenvalue weighted by molar-refractivity contribution is -0.193. The SMILES string of the molecule is CCC(=Cc1ccccc1)[C@@H]1C[C@H]1N[C@H]1CC[C@H](NCc2ccc(C(=O)O)nc2)CC1.O=C(O)C(F)(F)F.O=C(O)C(F)(F)F. The van der Waals surface area contributed by atoms with E-state index < -0.39 is 30.3 Å². The molecule has 248 valence electrons. The fraction of sp³-hybridized carbons (Fsp3) is 0.467. The molecule has 2 aromatic rings. The molecule has 1 aromatic heterocycles. The Kier molecular flexibility index (Phi) is 14.0. The molecule has 4 rings (SSSR count). The Balaban J connectivity index is 0.000000421. The van der Waals surface area contributed by atoms with E-state index in [0.29, 0.717) is 24.0 Å². The van der Waals surface area contributed by atoms with Crippen molar-refractivity contribution in [3.05, 3.63) is 71.1 Å². The third-order valence-electron chi connectivity index (χ3n) is 7.13. The van der Waals surface area contributed by atoms with Gasteiger partial charge in [-0.2, -0.15) is 26.3 Å². The molecule has 2 atom stereocenters. The van der Waals surface area contributed by atoms with Crippen LogP contribution in [0.4, 0.5) is 26.3 Å². The number of carboxylic acid groups (broad SMARTS) is 3. The van der Waals surface area contributed by atoms with E-state index in [1.54, 1.807) is 17.8 Å². The normalized spacial score (nSPS) is 21.4. The van der Waals surface area contributed by atoms with Crippen molar-refractivity contribution < 1.29 is 56.0 Å². The van der Waals surface area contributed by atoms with Crippen LogP contribution in [0.15, 0.2) is 54.2 Å². The van der Waals surface area contributed by atoms with Gasteiger partial charge >= 0.3 is 30.3 Å². The first-order valence-corrected chi connectivity index (χ1v) is 14.0. The molecule has 9 nitrogen and oxygen atoms in total. The number of nitrogens with zero attached hydrogens (tertiary/aromatic N) is 1. The van der Waals surface area contributed by atoms with E-state index in [-0.39, 0.29) is 5.69 Å². The standard InChI is InChI=1S/C26H33N3O2.2C2HF3O2/c1-2-20(14-18-6-4-3-5-7-18)23-15-25(23)29-22-11-9-21(10-12-22)27-16-19-8-13-24(26(30)31)28-17-19;2*3-2(4,5)1(6)7/h3-8,13-14,17,21-23,25,27,29H,2,9-12,15-16H2,1H3,(H,30,31);2*(H,6,7)/t21-,22-,23-,25+;;/m0../s1. The number of carboxylic acids is 3. The molecule has 5 N–H and O–H groups in total. The maximum absolute atomic E-state index is 10.9. The molecule has 0 aliphatic heterocycles. The minimum Gasteiger partial charge on any atom is -0.477 e. The Hall–Kier alpha value is -3.98. The van der Waals surface area contributed by atoms with Gasteiger partial charge in [0.15, 0.2) is 0 Å². The number of carbonyl (C=O) groups is 3. The number of aromatic nitrogens is 1. The fourth-order valence-corrected chi connectivity index (χ4v) is 4.71. The topological polar surface area (TPSA) is 149 Å². The van der Waals surface area contributed by atoms with Crippen molar-refractivity contribution in [2.45, 2.75) is 82.5 Å². The van der Waals surface area contributed by atoms with E-state index in [1.807, 2.05) is 6.07 Å². The summed E-state index contributed by atoms with van der Waals surface area (Å²) in [6, 6.07) is 15.9. The number of halogens is 6. The Morgan fingerprint density at radius 1 is 0.867 bits per heavy atom. The molecule has 15 heteroatoms. The van der Waals surface area contributed by atoms with E-state index in [9.17, 15) is 31.1 Å². The minimum atomic E-state index is -5.08. The van der Waals surface area contributed by atoms with Gasteiger partial charge in [0.05, 0.1) is 0 Å². The summed E-state index contributed by atoms with van der Waals surface area (Å²) in [5, 5.41) is 30.7. The van der Waals surface area contributed by atoms with Gasteiger partial charge in [-0.1, -0.05) is 55.0 Å². The molecule has 0 saturated heterocycles. The lowest BCUT2D eigenvalue weighted by atomic mass is 9.91. The molecule has 2 fully saturated rings. The van der Waals surface area contributed by atoms with Crippen molar-refractivity contribution >= 4 is 24.0 Å². The maximum Gasteiger partial charge on any atom is 0.490 e. The second-order valence-electron chi connectivity index (χ2n) is 10.5. The molecule has 0 spiro atoms. The molecule has 2 aliphatic carbocycles. The van der Waals surface area contributed by atoms with Gasteiger partial charge in [0.2, 0.25) is 0 Å². The zero-order valence-electron chi connectivity index (χ0n) is 24.2. The molecular formula is C30H35F6N3O6. The highest BCUT2D eigenvalue weighted by molar-refractivity contribution is 5.85. The van der Waals surface area contributed by atoms with E-state index in [4.69, 9.17) is 24.9 Å². The van der Waals surface area contributed by atoms with E-state index >= 15 is 0 Å². The molecule has 0 amide bonds. The fourth-order valence-electron chi connectivity index (χ4n) is 4.71. The van der Waals surface area contributed by atoms with Gasteiger partial charge < -0.3 is 26.0 Å². The van der Waals surface area contributed by atoms with E-state index in [1.165, 1.54) is 37.7 Å².